The number of aliphatic hydroxyl groups is 2. The minimum Gasteiger partial charge on any atom is -0.550 e. The monoisotopic (exact) mass is 944 g/mol. The van der Waals surface area contributed by atoms with Gasteiger partial charge in [-0.2, -0.15) is 0 Å². The summed E-state index contributed by atoms with van der Waals surface area (Å²) >= 11 is 24.2. The van der Waals surface area contributed by atoms with Gasteiger partial charge in [-0.05, 0) is 59.7 Å². The van der Waals surface area contributed by atoms with Crippen LogP contribution in [-0.4, -0.2) is 56.5 Å². The predicted molar refractivity (Wildman–Crippen MR) is 205 cm³/mol. The van der Waals surface area contributed by atoms with Gasteiger partial charge in [-0.25, -0.2) is 8.78 Å². The number of aliphatic hydroxyl groups excluding tert-OH is 2. The summed E-state index contributed by atoms with van der Waals surface area (Å²) in [4.78, 5) is 40.6. The number of carbonyl (C=O) groups is 2. The van der Waals surface area contributed by atoms with E-state index >= 15 is 0 Å². The molecule has 0 aliphatic heterocycles. The van der Waals surface area contributed by atoms with E-state index in [1.165, 1.54) is 72.8 Å². The van der Waals surface area contributed by atoms with Crippen LogP contribution in [-0.2, 0) is 54.2 Å². The summed E-state index contributed by atoms with van der Waals surface area (Å²) in [6.07, 6.45) is -6.41. The number of rotatable bonds is 20. The maximum atomic E-state index is 13.0. The van der Waals surface area contributed by atoms with Crippen LogP contribution in [0.15, 0.2) is 72.8 Å². The van der Waals surface area contributed by atoms with Gasteiger partial charge in [-0.15, -0.1) is 0 Å². The standard InChI is InChI=1S/2C18H18Cl2FO7P.2Li/c2*19-12-5-16(20)15(9-28-29(25,26)10-14(22)7-18(23)24)17(6-12)27-8-11-1-3-13(21)4-2-11;;/h2*1-6,14,22H,7-10H2,(H,23,24)(H,25,26);;/q;;2*+1/p-2/t2*14-;;/m00../s1. The Morgan fingerprint density at radius 2 is 0.917 bits per heavy atom. The zero-order valence-electron chi connectivity index (χ0n) is 31.8. The molecule has 0 spiro atoms. The molecule has 4 rings (SSSR count). The summed E-state index contributed by atoms with van der Waals surface area (Å²) < 4.78 is 71.4. The second-order valence-corrected chi connectivity index (χ2v) is 17.7. The molecule has 0 saturated carbocycles. The molecule has 0 aromatic heterocycles. The van der Waals surface area contributed by atoms with Gasteiger partial charge in [0, 0.05) is 46.0 Å². The van der Waals surface area contributed by atoms with Gasteiger partial charge in [0.25, 0.3) is 0 Å². The van der Waals surface area contributed by atoms with Crippen molar-refractivity contribution in [3.8, 4) is 11.5 Å². The number of carboxylic acid groups (broad SMARTS) is 2. The molecule has 0 heterocycles. The zero-order valence-corrected chi connectivity index (χ0v) is 36.6. The van der Waals surface area contributed by atoms with Crippen molar-refractivity contribution in [3.05, 3.63) is 127 Å². The van der Waals surface area contributed by atoms with Crippen LogP contribution in [0.4, 0.5) is 8.78 Å². The van der Waals surface area contributed by atoms with Crippen LogP contribution in [0.1, 0.15) is 35.1 Å². The molecule has 4 N–H and O–H groups in total. The predicted octanol–water partition coefficient (Wildman–Crippen LogP) is -0.163. The van der Waals surface area contributed by atoms with Gasteiger partial charge in [0.1, 0.15) is 36.3 Å². The molecule has 24 heteroatoms. The van der Waals surface area contributed by atoms with Crippen molar-refractivity contribution in [2.24, 2.45) is 0 Å². The fraction of sp³-hybridized carbons (Fsp3) is 0.278. The Kier molecular flexibility index (Phi) is 24.7. The Morgan fingerprint density at radius 1 is 0.600 bits per heavy atom. The van der Waals surface area contributed by atoms with Gasteiger partial charge in [-0.1, -0.05) is 70.7 Å². The second-order valence-electron chi connectivity index (χ2n) is 12.2. The third kappa shape index (κ3) is 20.8. The van der Waals surface area contributed by atoms with E-state index in [2.05, 4.69) is 0 Å². The van der Waals surface area contributed by atoms with Gasteiger partial charge in [0.15, 0.2) is 0 Å². The van der Waals surface area contributed by atoms with Crippen LogP contribution in [0.25, 0.3) is 0 Å². The van der Waals surface area contributed by atoms with Crippen molar-refractivity contribution < 1.29 is 114 Å². The Labute approximate surface area is 387 Å². The Morgan fingerprint density at radius 3 is 1.22 bits per heavy atom. The summed E-state index contributed by atoms with van der Waals surface area (Å²) in [6.45, 7) is -0.822. The number of ether oxygens (including phenoxy) is 2. The minimum atomic E-state index is -4.33. The summed E-state index contributed by atoms with van der Waals surface area (Å²) in [6, 6.07) is 16.8. The van der Waals surface area contributed by atoms with Crippen molar-refractivity contribution in [1.82, 2.24) is 0 Å². The van der Waals surface area contributed by atoms with Gasteiger partial charge in [-0.3, -0.25) is 9.13 Å². The average molecular weight is 946 g/mol. The van der Waals surface area contributed by atoms with Crippen molar-refractivity contribution >= 4 is 73.5 Å². The van der Waals surface area contributed by atoms with Crippen LogP contribution in [0.3, 0.4) is 0 Å². The van der Waals surface area contributed by atoms with Crippen LogP contribution in [0.2, 0.25) is 20.1 Å². The summed E-state index contributed by atoms with van der Waals surface area (Å²) in [7, 11) is -8.67. The smallest absolute Gasteiger partial charge is 0.550 e. The van der Waals surface area contributed by atoms with E-state index in [1.807, 2.05) is 0 Å². The van der Waals surface area contributed by atoms with E-state index in [0.717, 1.165) is 0 Å². The van der Waals surface area contributed by atoms with Crippen molar-refractivity contribution in [2.45, 2.75) is 51.5 Å². The summed E-state index contributed by atoms with van der Waals surface area (Å²) in [5.74, 6) is -3.55. The Bertz CT molecular complexity index is 1980. The van der Waals surface area contributed by atoms with Crippen molar-refractivity contribution in [3.63, 3.8) is 0 Å². The number of aliphatic carboxylic acids is 2. The molecular formula is C36H34Cl4F2Li2O14P2. The van der Waals surface area contributed by atoms with Gasteiger partial charge in [0.05, 0.1) is 47.8 Å². The molecule has 0 aliphatic carbocycles. The quantitative estimate of drug-likeness (QED) is 0.0667. The fourth-order valence-corrected chi connectivity index (χ4v) is 7.92. The third-order valence-corrected chi connectivity index (χ3v) is 11.3. The first-order valence-corrected chi connectivity index (χ1v) is 21.5. The Hall–Kier alpha value is -2.15. The molecule has 0 radical (unpaired) electrons. The molecule has 4 aromatic rings. The topological polar surface area (TPSA) is 232 Å². The van der Waals surface area contributed by atoms with Gasteiger partial charge >= 0.3 is 52.9 Å². The molecule has 2 unspecified atom stereocenters. The van der Waals surface area contributed by atoms with Crippen LogP contribution < -0.4 is 57.4 Å². The number of carboxylic acids is 2. The molecule has 0 fully saturated rings. The van der Waals surface area contributed by atoms with E-state index in [-0.39, 0.29) is 93.7 Å². The maximum absolute atomic E-state index is 13.0. The molecular weight excluding hydrogens is 912 g/mol. The SMILES string of the molecule is O=C([O-])C[C@H](O)CP(=O)(O)OCc1c(Cl)cc(Cl)cc1OCc1ccc(F)cc1.O=C([O-])C[C@H](O)CP(=O)(O)OCc1c(Cl)cc(Cl)cc1OCc1ccc(F)cc1.[Li+].[Li+]. The number of hydrogen-bond donors (Lipinski definition) is 4. The van der Waals surface area contributed by atoms with Crippen LogP contribution >= 0.6 is 61.6 Å². The first kappa shape index (κ1) is 55.9. The normalized spacial score (nSPS) is 13.8. The number of carbonyl (C=O) groups excluding carboxylic acids is 2. The average Bonchev–Trinajstić information content (AvgIpc) is 3.09. The molecule has 4 atom stereocenters. The first-order chi connectivity index (χ1) is 27.1. The molecule has 0 saturated heterocycles. The fourth-order valence-electron chi connectivity index (χ4n) is 4.66. The van der Waals surface area contributed by atoms with Crippen LogP contribution in [0.5, 0.6) is 11.5 Å². The van der Waals surface area contributed by atoms with E-state index in [9.17, 15) is 57.7 Å². The molecule has 0 amide bonds. The molecule has 4 aromatic carbocycles. The molecule has 14 nitrogen and oxygen atoms in total. The number of halogens is 6. The Balaban J connectivity index is 0.000000581. The van der Waals surface area contributed by atoms with E-state index in [4.69, 9.17) is 64.9 Å². The van der Waals surface area contributed by atoms with Gasteiger partial charge in [0.2, 0.25) is 0 Å². The summed E-state index contributed by atoms with van der Waals surface area (Å²) in [5, 5.41) is 40.6. The molecule has 0 aliphatic rings. The molecule has 60 heavy (non-hydrogen) atoms. The first-order valence-electron chi connectivity index (χ1n) is 16.5. The van der Waals surface area contributed by atoms with E-state index in [1.54, 1.807) is 0 Å². The number of benzene rings is 4. The largest absolute Gasteiger partial charge is 1.00 e. The number of hydrogen-bond acceptors (Lipinski definition) is 12. The summed E-state index contributed by atoms with van der Waals surface area (Å²) in [5.41, 5.74) is 1.77. The third-order valence-electron chi connectivity index (χ3n) is 7.36. The van der Waals surface area contributed by atoms with E-state index < -0.39 is 89.4 Å². The zero-order chi connectivity index (χ0) is 43.2. The second kappa shape index (κ2) is 26.5. The van der Waals surface area contributed by atoms with Gasteiger partial charge < -0.3 is 58.3 Å². The van der Waals surface area contributed by atoms with Crippen LogP contribution in [0, 0.1) is 11.6 Å². The van der Waals surface area contributed by atoms with Crippen molar-refractivity contribution in [1.29, 1.82) is 0 Å². The molecule has 0 bridgehead atoms. The van der Waals surface area contributed by atoms with Crippen molar-refractivity contribution in [2.75, 3.05) is 12.3 Å². The minimum absolute atomic E-state index is 0. The molecule has 316 valence electrons. The van der Waals surface area contributed by atoms with E-state index in [0.29, 0.717) is 11.1 Å². The maximum Gasteiger partial charge on any atom is 1.00 e.